The predicted molar refractivity (Wildman–Crippen MR) is 69.0 cm³/mol. The van der Waals surface area contributed by atoms with Crippen molar-refractivity contribution >= 4 is 5.78 Å². The Labute approximate surface area is 111 Å². The Kier molecular flexibility index (Phi) is 4.77. The summed E-state index contributed by atoms with van der Waals surface area (Å²) in [5, 5.41) is 0. The molecule has 19 heavy (non-hydrogen) atoms. The van der Waals surface area contributed by atoms with Gasteiger partial charge in [-0.3, -0.25) is 4.79 Å². The predicted octanol–water partition coefficient (Wildman–Crippen LogP) is 4.87. The zero-order valence-electron chi connectivity index (χ0n) is 11.4. The van der Waals surface area contributed by atoms with E-state index in [0.717, 1.165) is 0 Å². The summed E-state index contributed by atoms with van der Waals surface area (Å²) in [6.45, 7) is 3.92. The lowest BCUT2D eigenvalue weighted by Gasteiger charge is -2.33. The number of ketones is 1. The van der Waals surface area contributed by atoms with E-state index in [1.807, 2.05) is 0 Å². The van der Waals surface area contributed by atoms with Crippen LogP contribution in [0.5, 0.6) is 0 Å². The molecule has 0 aromatic heterocycles. The van der Waals surface area contributed by atoms with Crippen LogP contribution in [0.4, 0.5) is 13.2 Å². The van der Waals surface area contributed by atoms with Crippen molar-refractivity contribution in [3.8, 4) is 0 Å². The summed E-state index contributed by atoms with van der Waals surface area (Å²) in [6, 6.07) is 8.66. The number of rotatable bonds is 5. The van der Waals surface area contributed by atoms with Crippen LogP contribution in [0.25, 0.3) is 0 Å². The molecular weight excluding hydrogens is 253 g/mol. The smallest absolute Gasteiger partial charge is 0.294 e. The Bertz CT molecular complexity index is 421. The summed E-state index contributed by atoms with van der Waals surface area (Å²) in [5.41, 5.74) is -1.22. The Morgan fingerprint density at radius 2 is 1.68 bits per heavy atom. The van der Waals surface area contributed by atoms with Gasteiger partial charge in [0.05, 0.1) is 5.41 Å². The van der Waals surface area contributed by atoms with E-state index in [1.165, 1.54) is 13.8 Å². The molecule has 0 saturated heterocycles. The second-order valence-corrected chi connectivity index (χ2v) is 5.45. The highest BCUT2D eigenvalue weighted by Gasteiger charge is 2.50. The minimum atomic E-state index is -4.25. The molecule has 1 aromatic carbocycles. The van der Waals surface area contributed by atoms with Crippen molar-refractivity contribution in [2.24, 2.45) is 11.3 Å². The molecule has 4 heteroatoms. The standard InChI is InChI=1S/C15H19F3O/c1-11(14(2,3)15(16,17)18)9-10-13(19)12-7-5-4-6-8-12/h4-8,11H,9-10H2,1-3H3. The van der Waals surface area contributed by atoms with Crippen LogP contribution < -0.4 is 0 Å². The van der Waals surface area contributed by atoms with Gasteiger partial charge in [-0.15, -0.1) is 0 Å². The van der Waals surface area contributed by atoms with E-state index < -0.39 is 17.5 Å². The molecule has 0 fully saturated rings. The molecule has 0 heterocycles. The molecule has 0 radical (unpaired) electrons. The number of hydrogen-bond acceptors (Lipinski definition) is 1. The van der Waals surface area contributed by atoms with Crippen molar-refractivity contribution in [3.05, 3.63) is 35.9 Å². The SMILES string of the molecule is CC(CCC(=O)c1ccccc1)C(C)(C)C(F)(F)F. The van der Waals surface area contributed by atoms with Gasteiger partial charge in [0.25, 0.3) is 0 Å². The van der Waals surface area contributed by atoms with Gasteiger partial charge in [0.2, 0.25) is 0 Å². The monoisotopic (exact) mass is 272 g/mol. The van der Waals surface area contributed by atoms with Gasteiger partial charge in [-0.25, -0.2) is 0 Å². The molecule has 106 valence electrons. The third-order valence-corrected chi connectivity index (χ3v) is 3.86. The summed E-state index contributed by atoms with van der Waals surface area (Å²) in [5.74, 6) is -0.703. The minimum Gasteiger partial charge on any atom is -0.294 e. The molecule has 0 aliphatic heterocycles. The number of carbonyl (C=O) groups excluding carboxylic acids is 1. The van der Waals surface area contributed by atoms with Crippen LogP contribution in [0.3, 0.4) is 0 Å². The van der Waals surface area contributed by atoms with Crippen molar-refractivity contribution in [2.45, 2.75) is 39.8 Å². The Morgan fingerprint density at radius 3 is 2.16 bits per heavy atom. The van der Waals surface area contributed by atoms with E-state index in [4.69, 9.17) is 0 Å². The maximum Gasteiger partial charge on any atom is 0.394 e. The van der Waals surface area contributed by atoms with Crippen LogP contribution in [0.15, 0.2) is 30.3 Å². The van der Waals surface area contributed by atoms with Crippen LogP contribution in [-0.4, -0.2) is 12.0 Å². The van der Waals surface area contributed by atoms with Crippen molar-refractivity contribution in [1.29, 1.82) is 0 Å². The minimum absolute atomic E-state index is 0.106. The molecule has 0 amide bonds. The summed E-state index contributed by atoms with van der Waals surface area (Å²) in [4.78, 5) is 11.8. The van der Waals surface area contributed by atoms with Crippen LogP contribution in [0, 0.1) is 11.3 Å². The molecule has 1 aromatic rings. The fourth-order valence-corrected chi connectivity index (χ4v) is 1.76. The highest BCUT2D eigenvalue weighted by molar-refractivity contribution is 5.95. The quantitative estimate of drug-likeness (QED) is 0.698. The number of Topliss-reactive ketones (excluding diaryl/α,β-unsaturated/α-hetero) is 1. The van der Waals surface area contributed by atoms with E-state index in [9.17, 15) is 18.0 Å². The molecule has 0 aliphatic rings. The number of halogens is 3. The van der Waals surface area contributed by atoms with Crippen LogP contribution >= 0.6 is 0 Å². The molecule has 0 spiro atoms. The second-order valence-electron chi connectivity index (χ2n) is 5.45. The van der Waals surface area contributed by atoms with Crippen molar-refractivity contribution in [3.63, 3.8) is 0 Å². The molecular formula is C15H19F3O. The first-order valence-electron chi connectivity index (χ1n) is 6.31. The van der Waals surface area contributed by atoms with Gasteiger partial charge in [0, 0.05) is 12.0 Å². The molecule has 0 aliphatic carbocycles. The average molecular weight is 272 g/mol. The number of benzene rings is 1. The average Bonchev–Trinajstić information content (AvgIpc) is 2.35. The number of carbonyl (C=O) groups is 1. The maximum atomic E-state index is 12.8. The normalized spacial score (nSPS) is 14.2. The zero-order valence-corrected chi connectivity index (χ0v) is 11.4. The highest BCUT2D eigenvalue weighted by Crippen LogP contribution is 2.45. The van der Waals surface area contributed by atoms with E-state index in [0.29, 0.717) is 5.56 Å². The largest absolute Gasteiger partial charge is 0.394 e. The Hall–Kier alpha value is -1.32. The molecule has 0 saturated carbocycles. The fraction of sp³-hybridized carbons (Fsp3) is 0.533. The summed E-state index contributed by atoms with van der Waals surface area (Å²) >= 11 is 0. The summed E-state index contributed by atoms with van der Waals surface area (Å²) in [6.07, 6.45) is -3.87. The zero-order chi connectivity index (χ0) is 14.7. The molecule has 1 atom stereocenters. The first kappa shape index (κ1) is 15.7. The van der Waals surface area contributed by atoms with Gasteiger partial charge >= 0.3 is 6.18 Å². The van der Waals surface area contributed by atoms with Gasteiger partial charge < -0.3 is 0 Å². The summed E-state index contributed by atoms with van der Waals surface area (Å²) in [7, 11) is 0. The number of alkyl halides is 3. The van der Waals surface area contributed by atoms with Gasteiger partial charge in [-0.1, -0.05) is 51.1 Å². The third kappa shape index (κ3) is 3.82. The fourth-order valence-electron chi connectivity index (χ4n) is 1.76. The molecule has 1 nitrogen and oxygen atoms in total. The van der Waals surface area contributed by atoms with Crippen molar-refractivity contribution in [1.82, 2.24) is 0 Å². The second kappa shape index (κ2) is 5.76. The highest BCUT2D eigenvalue weighted by atomic mass is 19.4. The number of hydrogen-bond donors (Lipinski definition) is 0. The van der Waals surface area contributed by atoms with Crippen LogP contribution in [0.2, 0.25) is 0 Å². The first-order chi connectivity index (χ1) is 8.66. The van der Waals surface area contributed by atoms with E-state index >= 15 is 0 Å². The van der Waals surface area contributed by atoms with E-state index in [-0.39, 0.29) is 18.6 Å². The van der Waals surface area contributed by atoms with Crippen molar-refractivity contribution in [2.75, 3.05) is 0 Å². The Balaban J connectivity index is 2.61. The topological polar surface area (TPSA) is 17.1 Å². The van der Waals surface area contributed by atoms with Crippen LogP contribution in [-0.2, 0) is 0 Å². The molecule has 1 unspecified atom stereocenters. The third-order valence-electron chi connectivity index (χ3n) is 3.86. The van der Waals surface area contributed by atoms with Gasteiger partial charge in [0.1, 0.15) is 0 Å². The van der Waals surface area contributed by atoms with Crippen molar-refractivity contribution < 1.29 is 18.0 Å². The maximum absolute atomic E-state index is 12.8. The van der Waals surface area contributed by atoms with E-state index in [2.05, 4.69) is 0 Å². The molecule has 0 bridgehead atoms. The van der Waals surface area contributed by atoms with Gasteiger partial charge in [-0.2, -0.15) is 13.2 Å². The molecule has 0 N–H and O–H groups in total. The van der Waals surface area contributed by atoms with E-state index in [1.54, 1.807) is 37.3 Å². The Morgan fingerprint density at radius 1 is 1.16 bits per heavy atom. The van der Waals surface area contributed by atoms with Gasteiger partial charge in [0.15, 0.2) is 5.78 Å². The lowest BCUT2D eigenvalue weighted by Crippen LogP contribution is -2.38. The van der Waals surface area contributed by atoms with Crippen LogP contribution in [0.1, 0.15) is 44.0 Å². The summed E-state index contributed by atoms with van der Waals surface area (Å²) < 4.78 is 38.5. The lowest BCUT2D eigenvalue weighted by molar-refractivity contribution is -0.228. The lowest BCUT2D eigenvalue weighted by atomic mass is 9.76. The molecule has 1 rings (SSSR count). The van der Waals surface area contributed by atoms with Gasteiger partial charge in [-0.05, 0) is 12.3 Å². The first-order valence-corrected chi connectivity index (χ1v) is 6.31.